The quantitative estimate of drug-likeness (QED) is 0.672. The van der Waals surface area contributed by atoms with Crippen LogP contribution in [0.4, 0.5) is 5.69 Å². The number of nitrogens with two attached hydrogens (primary N) is 1. The first kappa shape index (κ1) is 16.5. The van der Waals surface area contributed by atoms with Gasteiger partial charge in [0.2, 0.25) is 0 Å². The molecule has 0 aliphatic carbocycles. The lowest BCUT2D eigenvalue weighted by Crippen LogP contribution is -2.12. The largest absolute Gasteiger partial charge is 0.494 e. The highest BCUT2D eigenvalue weighted by Crippen LogP contribution is 2.28. The van der Waals surface area contributed by atoms with E-state index >= 15 is 0 Å². The summed E-state index contributed by atoms with van der Waals surface area (Å²) in [7, 11) is 1.49. The van der Waals surface area contributed by atoms with Crippen LogP contribution >= 0.6 is 12.4 Å². The van der Waals surface area contributed by atoms with Gasteiger partial charge in [-0.25, -0.2) is 9.79 Å². The van der Waals surface area contributed by atoms with Crippen LogP contribution in [0.15, 0.2) is 53.5 Å². The van der Waals surface area contributed by atoms with Crippen molar-refractivity contribution in [1.82, 2.24) is 0 Å². The van der Waals surface area contributed by atoms with Crippen LogP contribution in [0.1, 0.15) is 15.9 Å². The molecule has 2 aromatic carbocycles. The van der Waals surface area contributed by atoms with Gasteiger partial charge in [0.05, 0.1) is 12.7 Å². The first-order valence-electron chi connectivity index (χ1n) is 5.92. The second-order valence-corrected chi connectivity index (χ2v) is 4.05. The lowest BCUT2D eigenvalue weighted by molar-refractivity contribution is 0.0697. The third-order valence-corrected chi connectivity index (χ3v) is 2.74. The predicted octanol–water partition coefficient (Wildman–Crippen LogP) is 2.85. The molecule has 0 amide bonds. The number of methoxy groups -OCH3 is 1. The second-order valence-electron chi connectivity index (χ2n) is 4.05. The van der Waals surface area contributed by atoms with Gasteiger partial charge in [-0.15, -0.1) is 12.4 Å². The number of hydrogen-bond acceptors (Lipinski definition) is 3. The Morgan fingerprint density at radius 2 is 1.81 bits per heavy atom. The fourth-order valence-corrected chi connectivity index (χ4v) is 1.71. The molecule has 0 heterocycles. The van der Waals surface area contributed by atoms with Gasteiger partial charge in [-0.3, -0.25) is 0 Å². The molecule has 2 aromatic rings. The molecule has 5 nitrogen and oxygen atoms in total. The highest BCUT2D eigenvalue weighted by Gasteiger charge is 2.09. The Hall–Kier alpha value is -2.53. The monoisotopic (exact) mass is 306 g/mol. The molecule has 6 heteroatoms. The molecule has 0 saturated heterocycles. The molecule has 0 bridgehead atoms. The van der Waals surface area contributed by atoms with Crippen LogP contribution in [0.5, 0.6) is 5.75 Å². The number of ether oxygens (including phenoxy) is 1. The summed E-state index contributed by atoms with van der Waals surface area (Å²) < 4.78 is 5.16. The molecule has 0 spiro atoms. The number of amidine groups is 1. The van der Waals surface area contributed by atoms with Crippen molar-refractivity contribution in [2.24, 2.45) is 10.7 Å². The van der Waals surface area contributed by atoms with Crippen molar-refractivity contribution in [2.75, 3.05) is 7.11 Å². The minimum Gasteiger partial charge on any atom is -0.494 e. The number of benzene rings is 2. The van der Waals surface area contributed by atoms with Crippen LogP contribution in [0.2, 0.25) is 0 Å². The van der Waals surface area contributed by atoms with Crippen molar-refractivity contribution in [3.05, 3.63) is 59.7 Å². The maximum absolute atomic E-state index is 11.0. The molecule has 0 aliphatic heterocycles. The summed E-state index contributed by atoms with van der Waals surface area (Å²) in [5.41, 5.74) is 7.20. The van der Waals surface area contributed by atoms with Gasteiger partial charge in [-0.1, -0.05) is 30.3 Å². The molecule has 0 atom stereocenters. The van der Waals surface area contributed by atoms with E-state index in [1.54, 1.807) is 6.07 Å². The molecule has 2 rings (SSSR count). The Morgan fingerprint density at radius 1 is 1.14 bits per heavy atom. The van der Waals surface area contributed by atoms with Crippen LogP contribution in [0, 0.1) is 0 Å². The summed E-state index contributed by atoms with van der Waals surface area (Å²) in [5.74, 6) is -0.261. The number of carboxylic acid groups (broad SMARTS) is 1. The Morgan fingerprint density at radius 3 is 2.38 bits per heavy atom. The summed E-state index contributed by atoms with van der Waals surface area (Å²) in [5, 5.41) is 9.00. The number of aromatic carboxylic acids is 1. The normalized spacial score (nSPS) is 10.6. The molecular formula is C15H15ClN2O3. The van der Waals surface area contributed by atoms with Crippen molar-refractivity contribution in [2.45, 2.75) is 0 Å². The second kappa shape index (κ2) is 7.31. The molecule has 3 N–H and O–H groups in total. The molecular weight excluding hydrogens is 292 g/mol. The van der Waals surface area contributed by atoms with E-state index in [1.807, 2.05) is 30.3 Å². The lowest BCUT2D eigenvalue weighted by Gasteiger charge is -2.07. The van der Waals surface area contributed by atoms with E-state index in [0.717, 1.165) is 5.56 Å². The van der Waals surface area contributed by atoms with Gasteiger partial charge in [0.25, 0.3) is 0 Å². The Labute approximate surface area is 128 Å². The van der Waals surface area contributed by atoms with E-state index in [0.29, 0.717) is 17.3 Å². The average molecular weight is 307 g/mol. The van der Waals surface area contributed by atoms with E-state index in [9.17, 15) is 4.79 Å². The number of hydrogen-bond donors (Lipinski definition) is 2. The molecule has 0 radical (unpaired) electrons. The van der Waals surface area contributed by atoms with Gasteiger partial charge in [-0.05, 0) is 18.2 Å². The standard InChI is InChI=1S/C15H14N2O3.ClH/c1-20-13-8-7-11(15(18)19)9-12(13)17-14(16)10-5-3-2-4-6-10;/h2-9H,1H3,(H2,16,17)(H,18,19);1H. The molecule has 0 aromatic heterocycles. The number of nitrogens with zero attached hydrogens (tertiary/aromatic N) is 1. The Kier molecular flexibility index (Phi) is 5.75. The number of carboxylic acids is 1. The highest BCUT2D eigenvalue weighted by atomic mass is 35.5. The van der Waals surface area contributed by atoms with Crippen molar-refractivity contribution in [3.8, 4) is 5.75 Å². The van der Waals surface area contributed by atoms with Crippen LogP contribution in [0.25, 0.3) is 0 Å². The van der Waals surface area contributed by atoms with Gasteiger partial charge in [0.1, 0.15) is 17.3 Å². The summed E-state index contributed by atoms with van der Waals surface area (Å²) in [6.07, 6.45) is 0. The van der Waals surface area contributed by atoms with E-state index in [1.165, 1.54) is 19.2 Å². The minimum atomic E-state index is -1.03. The van der Waals surface area contributed by atoms with Gasteiger partial charge in [0, 0.05) is 5.56 Å². The third kappa shape index (κ3) is 3.97. The van der Waals surface area contributed by atoms with E-state index in [4.69, 9.17) is 15.6 Å². The van der Waals surface area contributed by atoms with Crippen molar-refractivity contribution >= 4 is 29.9 Å². The van der Waals surface area contributed by atoms with E-state index in [-0.39, 0.29) is 18.0 Å². The first-order valence-corrected chi connectivity index (χ1v) is 5.92. The highest BCUT2D eigenvalue weighted by molar-refractivity contribution is 5.99. The molecule has 0 aliphatic rings. The van der Waals surface area contributed by atoms with E-state index < -0.39 is 5.97 Å². The van der Waals surface area contributed by atoms with Crippen LogP contribution in [-0.4, -0.2) is 24.0 Å². The summed E-state index contributed by atoms with van der Waals surface area (Å²) in [6.45, 7) is 0. The number of aliphatic imine (C=N–C) groups is 1. The fraction of sp³-hybridized carbons (Fsp3) is 0.0667. The van der Waals surface area contributed by atoms with Crippen molar-refractivity contribution in [1.29, 1.82) is 0 Å². The third-order valence-electron chi connectivity index (χ3n) is 2.74. The zero-order valence-electron chi connectivity index (χ0n) is 11.3. The average Bonchev–Trinajstić information content (AvgIpc) is 2.48. The summed E-state index contributed by atoms with van der Waals surface area (Å²) in [4.78, 5) is 15.2. The summed E-state index contributed by atoms with van der Waals surface area (Å²) in [6, 6.07) is 13.7. The molecule has 21 heavy (non-hydrogen) atoms. The number of carbonyl (C=O) groups is 1. The van der Waals surface area contributed by atoms with Gasteiger partial charge in [-0.2, -0.15) is 0 Å². The van der Waals surface area contributed by atoms with Crippen LogP contribution in [-0.2, 0) is 0 Å². The Bertz CT molecular complexity index is 657. The predicted molar refractivity (Wildman–Crippen MR) is 84.0 cm³/mol. The van der Waals surface area contributed by atoms with Gasteiger partial charge >= 0.3 is 5.97 Å². The molecule has 0 unspecified atom stereocenters. The maximum Gasteiger partial charge on any atom is 0.335 e. The van der Waals surface area contributed by atoms with Crippen molar-refractivity contribution < 1.29 is 14.6 Å². The smallest absolute Gasteiger partial charge is 0.335 e. The van der Waals surface area contributed by atoms with Gasteiger partial charge < -0.3 is 15.6 Å². The SMILES string of the molecule is COc1ccc(C(=O)O)cc1N=C(N)c1ccccc1.Cl. The minimum absolute atomic E-state index is 0. The van der Waals surface area contributed by atoms with E-state index in [2.05, 4.69) is 4.99 Å². The zero-order chi connectivity index (χ0) is 14.5. The number of halogens is 1. The van der Waals surface area contributed by atoms with Gasteiger partial charge in [0.15, 0.2) is 0 Å². The fourth-order valence-electron chi connectivity index (χ4n) is 1.71. The zero-order valence-corrected chi connectivity index (χ0v) is 12.1. The number of rotatable bonds is 4. The Balaban J connectivity index is 0.00000220. The molecule has 110 valence electrons. The maximum atomic E-state index is 11.0. The van der Waals surface area contributed by atoms with Crippen LogP contribution < -0.4 is 10.5 Å². The first-order chi connectivity index (χ1) is 9.61. The molecule has 0 saturated carbocycles. The molecule has 0 fully saturated rings. The summed E-state index contributed by atoms with van der Waals surface area (Å²) >= 11 is 0. The lowest BCUT2D eigenvalue weighted by atomic mass is 10.1. The van der Waals surface area contributed by atoms with Crippen LogP contribution in [0.3, 0.4) is 0 Å². The van der Waals surface area contributed by atoms with Crippen molar-refractivity contribution in [3.63, 3.8) is 0 Å². The topological polar surface area (TPSA) is 84.9 Å².